The number of nitrogens with one attached hydrogen (secondary N) is 2. The van der Waals surface area contributed by atoms with Crippen LogP contribution in [0.25, 0.3) is 11.3 Å². The molecule has 1 amide bonds. The Hall–Kier alpha value is -3.93. The van der Waals surface area contributed by atoms with Gasteiger partial charge >= 0.3 is 6.18 Å². The van der Waals surface area contributed by atoms with Crippen molar-refractivity contribution in [3.63, 3.8) is 0 Å². The summed E-state index contributed by atoms with van der Waals surface area (Å²) in [5.74, 6) is -1.23. The molecule has 3 heterocycles. The van der Waals surface area contributed by atoms with Gasteiger partial charge < -0.3 is 20.4 Å². The maximum Gasteiger partial charge on any atom is 0.417 e. The van der Waals surface area contributed by atoms with E-state index in [0.29, 0.717) is 24.7 Å². The van der Waals surface area contributed by atoms with E-state index >= 15 is 4.39 Å². The van der Waals surface area contributed by atoms with Gasteiger partial charge in [-0.3, -0.25) is 9.69 Å². The van der Waals surface area contributed by atoms with E-state index in [0.717, 1.165) is 12.3 Å². The lowest BCUT2D eigenvalue weighted by atomic mass is 10.0. The number of piperazine rings is 1. The lowest BCUT2D eigenvalue weighted by Gasteiger charge is -2.44. The number of hydrogen-bond donors (Lipinski definition) is 2. The fourth-order valence-electron chi connectivity index (χ4n) is 4.58. The Morgan fingerprint density at radius 3 is 2.49 bits per heavy atom. The van der Waals surface area contributed by atoms with Crippen molar-refractivity contribution in [2.45, 2.75) is 32.1 Å². The number of carbonyl (C=O) groups is 1. The van der Waals surface area contributed by atoms with E-state index < -0.39 is 29.0 Å². The molecule has 0 unspecified atom stereocenters. The van der Waals surface area contributed by atoms with Gasteiger partial charge in [0.05, 0.1) is 28.2 Å². The molecule has 208 valence electrons. The van der Waals surface area contributed by atoms with Gasteiger partial charge in [-0.2, -0.15) is 13.2 Å². The van der Waals surface area contributed by atoms with Crippen LogP contribution < -0.4 is 20.4 Å². The van der Waals surface area contributed by atoms with Crippen molar-refractivity contribution >= 4 is 23.2 Å². The molecule has 2 atom stereocenters. The molecule has 0 spiro atoms. The minimum atomic E-state index is -4.78. The smallest absolute Gasteiger partial charge is 0.367 e. The molecule has 1 saturated heterocycles. The number of rotatable bonds is 5. The van der Waals surface area contributed by atoms with E-state index in [2.05, 4.69) is 32.1 Å². The van der Waals surface area contributed by atoms with Gasteiger partial charge in [-0.05, 0) is 45.2 Å². The first-order valence-corrected chi connectivity index (χ1v) is 12.3. The Morgan fingerprint density at radius 1 is 1.21 bits per heavy atom. The maximum absolute atomic E-state index is 15.6. The van der Waals surface area contributed by atoms with Crippen molar-refractivity contribution in [2.24, 2.45) is 0 Å². The minimum Gasteiger partial charge on any atom is -0.367 e. The van der Waals surface area contributed by atoms with Crippen molar-refractivity contribution in [2.75, 3.05) is 49.3 Å². The van der Waals surface area contributed by atoms with Crippen LogP contribution in [-0.2, 0) is 4.79 Å². The molecule has 0 saturated carbocycles. The first-order chi connectivity index (χ1) is 18.3. The number of allylic oxidation sites excluding steroid dienone is 1. The zero-order valence-electron chi connectivity index (χ0n) is 22.4. The van der Waals surface area contributed by atoms with Crippen LogP contribution >= 0.6 is 0 Å². The Morgan fingerprint density at radius 2 is 1.87 bits per heavy atom. The highest BCUT2D eigenvalue weighted by atomic mass is 19.4. The predicted octanol–water partition coefficient (Wildman–Crippen LogP) is 4.31. The van der Waals surface area contributed by atoms with Gasteiger partial charge in [0, 0.05) is 62.9 Å². The Labute approximate surface area is 224 Å². The molecule has 12 heteroatoms. The van der Waals surface area contributed by atoms with Crippen LogP contribution in [-0.4, -0.2) is 73.3 Å². The molecule has 8 nitrogen and oxygen atoms in total. The second-order valence-corrected chi connectivity index (χ2v) is 9.99. The third-order valence-corrected chi connectivity index (χ3v) is 6.91. The number of alkyl halides is 3. The summed E-state index contributed by atoms with van der Waals surface area (Å²) in [6.07, 6.45) is -1.55. The van der Waals surface area contributed by atoms with E-state index in [4.69, 9.17) is 0 Å². The van der Waals surface area contributed by atoms with Crippen LogP contribution in [0.1, 0.15) is 13.8 Å². The number of benzene rings is 1. The van der Waals surface area contributed by atoms with Crippen LogP contribution in [0.2, 0.25) is 0 Å². The molecule has 0 bridgehead atoms. The van der Waals surface area contributed by atoms with Gasteiger partial charge in [0.2, 0.25) is 5.95 Å². The number of likely N-dealkylation sites (N-methyl/N-ethyl adjacent to an activating group) is 1. The summed E-state index contributed by atoms with van der Waals surface area (Å²) in [5.41, 5.74) is -0.861. The SMILES string of the molecule is C=C1C=C(C(F)(F)F)C(C(=O)Nc2cc(-c3ccnc(N(C)C)n3)c(F)cc2N2C[C@@H](C)N(C)[C@@H](C)C2)=CN1. The third kappa shape index (κ3) is 5.90. The van der Waals surface area contributed by atoms with Crippen LogP contribution in [0.4, 0.5) is 34.9 Å². The summed E-state index contributed by atoms with van der Waals surface area (Å²) in [5, 5.41) is 5.18. The Kier molecular flexibility index (Phi) is 7.69. The van der Waals surface area contributed by atoms with Crippen molar-refractivity contribution in [3.8, 4) is 11.3 Å². The number of carbonyl (C=O) groups excluding carboxylic acids is 1. The normalized spacial score (nSPS) is 20.2. The topological polar surface area (TPSA) is 76.6 Å². The summed E-state index contributed by atoms with van der Waals surface area (Å²) in [4.78, 5) is 27.6. The van der Waals surface area contributed by atoms with Crippen molar-refractivity contribution in [1.29, 1.82) is 0 Å². The molecule has 2 aliphatic heterocycles. The number of anilines is 3. The van der Waals surface area contributed by atoms with Gasteiger partial charge in [-0.1, -0.05) is 6.58 Å². The summed E-state index contributed by atoms with van der Waals surface area (Å²) in [6, 6.07) is 4.45. The molecule has 0 aliphatic carbocycles. The zero-order valence-corrected chi connectivity index (χ0v) is 22.4. The monoisotopic (exact) mass is 545 g/mol. The number of amides is 1. The largest absolute Gasteiger partial charge is 0.417 e. The summed E-state index contributed by atoms with van der Waals surface area (Å²) in [7, 11) is 5.48. The van der Waals surface area contributed by atoms with Crippen LogP contribution in [0, 0.1) is 5.82 Å². The number of aromatic nitrogens is 2. The molecular weight excluding hydrogens is 514 g/mol. The average molecular weight is 546 g/mol. The fraction of sp³-hybridized carbons (Fsp3) is 0.370. The first kappa shape index (κ1) is 28.1. The lowest BCUT2D eigenvalue weighted by Crippen LogP contribution is -2.55. The molecule has 39 heavy (non-hydrogen) atoms. The number of nitrogens with zero attached hydrogens (tertiary/aromatic N) is 5. The van der Waals surface area contributed by atoms with Crippen molar-refractivity contribution in [3.05, 3.63) is 65.9 Å². The van der Waals surface area contributed by atoms with E-state index in [-0.39, 0.29) is 34.7 Å². The Bertz CT molecular complexity index is 1340. The molecule has 1 aromatic heterocycles. The quantitative estimate of drug-likeness (QED) is 0.543. The molecule has 2 aromatic rings. The average Bonchev–Trinajstić information content (AvgIpc) is 2.87. The molecular formula is C27H31F4N7O. The number of hydrogen-bond acceptors (Lipinski definition) is 7. The van der Waals surface area contributed by atoms with Crippen LogP contribution in [0.3, 0.4) is 0 Å². The number of dihydropyridines is 1. The molecule has 4 rings (SSSR count). The van der Waals surface area contributed by atoms with Crippen LogP contribution in [0.15, 0.2) is 60.1 Å². The second kappa shape index (κ2) is 10.7. The maximum atomic E-state index is 15.6. The lowest BCUT2D eigenvalue weighted by molar-refractivity contribution is -0.115. The van der Waals surface area contributed by atoms with Gasteiger partial charge in [-0.15, -0.1) is 0 Å². The minimum absolute atomic E-state index is 0.00417. The van der Waals surface area contributed by atoms with Crippen molar-refractivity contribution in [1.82, 2.24) is 20.2 Å². The second-order valence-electron chi connectivity index (χ2n) is 9.99. The van der Waals surface area contributed by atoms with Gasteiger partial charge in [0.25, 0.3) is 5.91 Å². The molecule has 0 radical (unpaired) electrons. The summed E-state index contributed by atoms with van der Waals surface area (Å²) in [6.45, 7) is 8.60. The van der Waals surface area contributed by atoms with E-state index in [1.165, 1.54) is 24.4 Å². The van der Waals surface area contributed by atoms with E-state index in [1.54, 1.807) is 19.0 Å². The standard InChI is InChI=1S/C27H31F4N7O/c1-15-9-20(27(29,30)31)19(12-33-15)25(39)34-23-10-18(22-7-8-32-26(35-22)36(4)5)21(28)11-24(23)38-13-16(2)37(6)17(3)14-38/h7-12,16-17,33H,1,13-14H2,2-6H3,(H,34,39)/t16-,17+. The highest BCUT2D eigenvalue weighted by Crippen LogP contribution is 2.38. The van der Waals surface area contributed by atoms with Gasteiger partial charge in [0.15, 0.2) is 0 Å². The molecule has 1 aromatic carbocycles. The highest BCUT2D eigenvalue weighted by molar-refractivity contribution is 6.09. The van der Waals surface area contributed by atoms with Gasteiger partial charge in [-0.25, -0.2) is 14.4 Å². The van der Waals surface area contributed by atoms with Crippen molar-refractivity contribution < 1.29 is 22.4 Å². The molecule has 2 N–H and O–H groups in total. The first-order valence-electron chi connectivity index (χ1n) is 12.3. The van der Waals surface area contributed by atoms with Gasteiger partial charge in [0.1, 0.15) is 5.82 Å². The summed E-state index contributed by atoms with van der Waals surface area (Å²) < 4.78 is 56.9. The summed E-state index contributed by atoms with van der Waals surface area (Å²) >= 11 is 0. The highest BCUT2D eigenvalue weighted by Gasteiger charge is 2.40. The van der Waals surface area contributed by atoms with Crippen LogP contribution in [0.5, 0.6) is 0 Å². The predicted molar refractivity (Wildman–Crippen MR) is 144 cm³/mol. The third-order valence-electron chi connectivity index (χ3n) is 6.91. The molecule has 1 fully saturated rings. The molecule has 2 aliphatic rings. The Balaban J connectivity index is 1.80. The number of halogens is 4. The fourth-order valence-corrected chi connectivity index (χ4v) is 4.58. The van der Waals surface area contributed by atoms with E-state index in [9.17, 15) is 18.0 Å². The van der Waals surface area contributed by atoms with E-state index in [1.807, 2.05) is 25.8 Å². The zero-order chi connectivity index (χ0) is 28.6.